The molecule has 9 heteroatoms. The Kier molecular flexibility index (Phi) is 7.46. The second-order valence-electron chi connectivity index (χ2n) is 8.74. The number of piperidine rings is 1. The lowest BCUT2D eigenvalue weighted by Crippen LogP contribution is -2.64. The molecule has 0 aliphatic carbocycles. The highest BCUT2D eigenvalue weighted by molar-refractivity contribution is 6.02. The van der Waals surface area contributed by atoms with Crippen molar-refractivity contribution in [2.75, 3.05) is 24.6 Å². The minimum absolute atomic E-state index is 0.234. The van der Waals surface area contributed by atoms with Gasteiger partial charge in [0.05, 0.1) is 6.61 Å². The first-order chi connectivity index (χ1) is 16.4. The number of nitrogens with zero attached hydrogens (tertiary/aromatic N) is 2. The smallest absolute Gasteiger partial charge is 0.262 e. The monoisotopic (exact) mass is 467 g/mol. The van der Waals surface area contributed by atoms with Gasteiger partial charge < -0.3 is 35.4 Å². The third-order valence-electron chi connectivity index (χ3n) is 6.44. The molecule has 2 aromatic rings. The molecule has 0 radical (unpaired) electrons. The van der Waals surface area contributed by atoms with Crippen LogP contribution in [-0.2, 0) is 9.53 Å². The number of amides is 1. The number of nitrogens with one attached hydrogen (secondary N) is 1. The van der Waals surface area contributed by atoms with E-state index in [9.17, 15) is 25.4 Å². The summed E-state index contributed by atoms with van der Waals surface area (Å²) >= 11 is 0. The number of benzene rings is 2. The third kappa shape index (κ3) is 5.06. The van der Waals surface area contributed by atoms with Gasteiger partial charge in [0.15, 0.2) is 6.29 Å². The van der Waals surface area contributed by atoms with E-state index in [1.54, 1.807) is 0 Å². The molecule has 34 heavy (non-hydrogen) atoms. The first-order valence-electron chi connectivity index (χ1n) is 11.4. The summed E-state index contributed by atoms with van der Waals surface area (Å²) in [7, 11) is 0. The SMILES string of the molecule is N#C/C(=C\c1ccc2cc(N3CCCCC3)ccc2c1)C(=O)NC1C(O)OC(CO)C(O)C1O. The maximum atomic E-state index is 12.7. The van der Waals surface area contributed by atoms with Gasteiger partial charge in [-0.1, -0.05) is 18.2 Å². The molecule has 2 saturated heterocycles. The summed E-state index contributed by atoms with van der Waals surface area (Å²) in [6, 6.07) is 12.3. The van der Waals surface area contributed by atoms with Crippen LogP contribution in [0, 0.1) is 11.3 Å². The molecule has 2 heterocycles. The molecule has 1 amide bonds. The van der Waals surface area contributed by atoms with Crippen molar-refractivity contribution >= 4 is 28.4 Å². The number of nitriles is 1. The van der Waals surface area contributed by atoms with Crippen LogP contribution in [0.5, 0.6) is 0 Å². The highest BCUT2D eigenvalue weighted by Gasteiger charge is 2.44. The van der Waals surface area contributed by atoms with E-state index in [0.717, 1.165) is 23.9 Å². The number of ether oxygens (including phenoxy) is 1. The highest BCUT2D eigenvalue weighted by Crippen LogP contribution is 2.26. The summed E-state index contributed by atoms with van der Waals surface area (Å²) in [4.78, 5) is 15.0. The molecule has 4 rings (SSSR count). The van der Waals surface area contributed by atoms with Crippen molar-refractivity contribution in [3.05, 3.63) is 47.5 Å². The Balaban J connectivity index is 1.50. The van der Waals surface area contributed by atoms with Crippen molar-refractivity contribution in [2.45, 2.75) is 49.9 Å². The van der Waals surface area contributed by atoms with Crippen molar-refractivity contribution in [3.8, 4) is 6.07 Å². The van der Waals surface area contributed by atoms with E-state index < -0.39 is 43.2 Å². The summed E-state index contributed by atoms with van der Waals surface area (Å²) in [5, 5.41) is 53.3. The first-order valence-corrected chi connectivity index (χ1v) is 11.4. The average molecular weight is 468 g/mol. The van der Waals surface area contributed by atoms with Gasteiger partial charge in [-0.15, -0.1) is 0 Å². The second-order valence-corrected chi connectivity index (χ2v) is 8.74. The number of carbonyl (C=O) groups is 1. The zero-order valence-electron chi connectivity index (χ0n) is 18.7. The minimum atomic E-state index is -1.66. The molecule has 2 fully saturated rings. The van der Waals surface area contributed by atoms with Crippen molar-refractivity contribution in [2.24, 2.45) is 0 Å². The van der Waals surface area contributed by atoms with Gasteiger partial charge in [0.2, 0.25) is 0 Å². The summed E-state index contributed by atoms with van der Waals surface area (Å²) in [6.07, 6.45) is -0.854. The molecule has 2 aliphatic rings. The normalized spacial score (nSPS) is 27.9. The van der Waals surface area contributed by atoms with Gasteiger partial charge in [-0.05, 0) is 59.9 Å². The van der Waals surface area contributed by atoms with Gasteiger partial charge in [0.25, 0.3) is 5.91 Å². The van der Waals surface area contributed by atoms with Gasteiger partial charge in [-0.2, -0.15) is 5.26 Å². The van der Waals surface area contributed by atoms with Crippen LogP contribution in [0.1, 0.15) is 24.8 Å². The van der Waals surface area contributed by atoms with E-state index >= 15 is 0 Å². The summed E-state index contributed by atoms with van der Waals surface area (Å²) in [5.74, 6) is -0.829. The zero-order chi connectivity index (χ0) is 24.2. The molecule has 5 unspecified atom stereocenters. The van der Waals surface area contributed by atoms with Crippen molar-refractivity contribution in [1.29, 1.82) is 5.26 Å². The number of rotatable bonds is 5. The molecular formula is C25H29N3O6. The maximum Gasteiger partial charge on any atom is 0.262 e. The lowest BCUT2D eigenvalue weighted by Gasteiger charge is -2.40. The highest BCUT2D eigenvalue weighted by atomic mass is 16.6. The predicted molar refractivity (Wildman–Crippen MR) is 126 cm³/mol. The maximum absolute atomic E-state index is 12.7. The van der Waals surface area contributed by atoms with E-state index in [1.807, 2.05) is 30.3 Å². The molecule has 0 bridgehead atoms. The lowest BCUT2D eigenvalue weighted by molar-refractivity contribution is -0.253. The van der Waals surface area contributed by atoms with Crippen molar-refractivity contribution < 1.29 is 30.0 Å². The molecule has 180 valence electrons. The minimum Gasteiger partial charge on any atom is -0.394 e. The Morgan fingerprint density at radius 1 is 1.09 bits per heavy atom. The first kappa shape index (κ1) is 24.1. The average Bonchev–Trinajstić information content (AvgIpc) is 2.87. The standard InChI is InChI=1S/C25H29N3O6/c26-13-18(24(32)27-21-23(31)22(30)20(14-29)34-25(21)33)11-15-4-5-17-12-19(7-6-16(17)10-15)28-8-2-1-3-9-28/h4-7,10-12,20-23,25,29-31,33H,1-3,8-9,14H2,(H,27,32)/b18-11+. The van der Waals surface area contributed by atoms with Crippen LogP contribution in [0.15, 0.2) is 42.0 Å². The summed E-state index contributed by atoms with van der Waals surface area (Å²) < 4.78 is 5.04. The van der Waals surface area contributed by atoms with E-state index in [0.29, 0.717) is 5.56 Å². The molecule has 2 aliphatic heterocycles. The topological polar surface area (TPSA) is 146 Å². The zero-order valence-corrected chi connectivity index (χ0v) is 18.7. The number of aliphatic hydroxyl groups excluding tert-OH is 4. The largest absolute Gasteiger partial charge is 0.394 e. The van der Waals surface area contributed by atoms with Gasteiger partial charge in [-0.3, -0.25) is 4.79 Å². The summed E-state index contributed by atoms with van der Waals surface area (Å²) in [5.41, 5.74) is 1.60. The number of hydrogen-bond acceptors (Lipinski definition) is 8. The van der Waals surface area contributed by atoms with Gasteiger partial charge in [0, 0.05) is 18.8 Å². The van der Waals surface area contributed by atoms with Crippen LogP contribution in [0.25, 0.3) is 16.8 Å². The van der Waals surface area contributed by atoms with Crippen LogP contribution in [0.3, 0.4) is 0 Å². The van der Waals surface area contributed by atoms with E-state index in [-0.39, 0.29) is 5.57 Å². The number of aliphatic hydroxyl groups is 4. The second kappa shape index (κ2) is 10.5. The fourth-order valence-electron chi connectivity index (χ4n) is 4.49. The van der Waals surface area contributed by atoms with E-state index in [1.165, 1.54) is 31.0 Å². The van der Waals surface area contributed by atoms with Crippen molar-refractivity contribution in [3.63, 3.8) is 0 Å². The number of carbonyl (C=O) groups excluding carboxylic acids is 1. The molecule has 0 saturated carbocycles. The van der Waals surface area contributed by atoms with Crippen LogP contribution >= 0.6 is 0 Å². The molecular weight excluding hydrogens is 438 g/mol. The Morgan fingerprint density at radius 2 is 1.79 bits per heavy atom. The molecule has 0 spiro atoms. The predicted octanol–water partition coefficient (Wildman–Crippen LogP) is 0.653. The lowest BCUT2D eigenvalue weighted by atomic mass is 9.96. The van der Waals surface area contributed by atoms with Crippen LogP contribution in [-0.4, -0.2) is 76.7 Å². The Hall–Kier alpha value is -3.00. The number of anilines is 1. The number of hydrogen-bond donors (Lipinski definition) is 5. The van der Waals surface area contributed by atoms with Crippen LogP contribution in [0.2, 0.25) is 0 Å². The number of fused-ring (bicyclic) bond motifs is 1. The van der Waals surface area contributed by atoms with Crippen LogP contribution < -0.4 is 10.2 Å². The van der Waals surface area contributed by atoms with Crippen molar-refractivity contribution in [1.82, 2.24) is 5.32 Å². The van der Waals surface area contributed by atoms with Gasteiger partial charge in [0.1, 0.15) is 36.0 Å². The fraction of sp³-hybridized carbons (Fsp3) is 0.440. The Bertz CT molecular complexity index is 1110. The third-order valence-corrected chi connectivity index (χ3v) is 6.44. The fourth-order valence-corrected chi connectivity index (χ4v) is 4.49. The Labute approximate surface area is 197 Å². The van der Waals surface area contributed by atoms with Crippen LogP contribution in [0.4, 0.5) is 5.69 Å². The summed E-state index contributed by atoms with van der Waals surface area (Å²) in [6.45, 7) is 1.50. The molecule has 5 N–H and O–H groups in total. The van der Waals surface area contributed by atoms with E-state index in [4.69, 9.17) is 9.84 Å². The van der Waals surface area contributed by atoms with Gasteiger partial charge in [-0.25, -0.2) is 0 Å². The van der Waals surface area contributed by atoms with Gasteiger partial charge >= 0.3 is 0 Å². The molecule has 9 nitrogen and oxygen atoms in total. The quantitative estimate of drug-likeness (QED) is 0.318. The molecule has 5 atom stereocenters. The Morgan fingerprint density at radius 3 is 2.50 bits per heavy atom. The molecule has 0 aromatic heterocycles. The molecule has 2 aromatic carbocycles. The van der Waals surface area contributed by atoms with E-state index in [2.05, 4.69) is 22.3 Å².